The fraction of sp³-hybridized carbons (Fsp3) is 0.250. The number of primary sulfonamides is 1. The number of nitrogens with two attached hydrogens (primary N) is 1. The van der Waals surface area contributed by atoms with Crippen LogP contribution >= 0.6 is 11.3 Å². The molecule has 0 aliphatic carbocycles. The van der Waals surface area contributed by atoms with Crippen LogP contribution in [0.5, 0.6) is 5.75 Å². The summed E-state index contributed by atoms with van der Waals surface area (Å²) >= 11 is 1.48. The maximum absolute atomic E-state index is 12.2. The zero-order valence-corrected chi connectivity index (χ0v) is 15.5. The van der Waals surface area contributed by atoms with E-state index in [-0.39, 0.29) is 22.0 Å². The Bertz CT molecular complexity index is 930. The van der Waals surface area contributed by atoms with Crippen LogP contribution in [-0.4, -0.2) is 33.9 Å². The zero-order chi connectivity index (χ0) is 18.8. The number of carbonyl (C=O) groups is 2. The molecule has 0 radical (unpaired) electrons. The zero-order valence-electron chi connectivity index (χ0n) is 13.9. The third-order valence-electron chi connectivity index (χ3n) is 3.40. The number of ether oxygens (including phenoxy) is 2. The van der Waals surface area contributed by atoms with Crippen LogP contribution in [0.3, 0.4) is 0 Å². The van der Waals surface area contributed by atoms with Gasteiger partial charge in [0.15, 0.2) is 6.61 Å². The summed E-state index contributed by atoms with van der Waals surface area (Å²) in [5.41, 5.74) is 0.376. The summed E-state index contributed by atoms with van der Waals surface area (Å²) in [5, 5.41) is 5.06. The van der Waals surface area contributed by atoms with Crippen molar-refractivity contribution >= 4 is 33.1 Å². The first-order valence-electron chi connectivity index (χ1n) is 7.11. The summed E-state index contributed by atoms with van der Waals surface area (Å²) in [4.78, 5) is 26.0. The molecular weight excluding hydrogens is 366 g/mol. The molecule has 0 aliphatic heterocycles. The van der Waals surface area contributed by atoms with Crippen LogP contribution in [0.2, 0.25) is 0 Å². The van der Waals surface area contributed by atoms with Gasteiger partial charge < -0.3 is 9.47 Å². The highest BCUT2D eigenvalue weighted by atomic mass is 32.2. The van der Waals surface area contributed by atoms with Crippen molar-refractivity contribution in [2.24, 2.45) is 5.14 Å². The molecule has 2 rings (SSSR count). The number of aryl methyl sites for hydroxylation is 2. The molecule has 0 spiro atoms. The average molecular weight is 383 g/mol. The van der Waals surface area contributed by atoms with Gasteiger partial charge in [-0.1, -0.05) is 0 Å². The SMILES string of the molecule is COc1ccc(S(N)(=O)=O)cc1C(=O)OCC(=O)c1cc(C)sc1C. The van der Waals surface area contributed by atoms with Crippen molar-refractivity contribution in [3.05, 3.63) is 45.1 Å². The van der Waals surface area contributed by atoms with E-state index in [1.165, 1.54) is 30.6 Å². The molecule has 0 bridgehead atoms. The Morgan fingerprint density at radius 2 is 1.84 bits per heavy atom. The molecule has 0 aliphatic rings. The van der Waals surface area contributed by atoms with Gasteiger partial charge in [-0.05, 0) is 38.1 Å². The number of rotatable bonds is 6. The molecule has 1 aromatic carbocycles. The van der Waals surface area contributed by atoms with E-state index in [4.69, 9.17) is 14.6 Å². The molecule has 0 fully saturated rings. The number of hydrogen-bond donors (Lipinski definition) is 1. The highest BCUT2D eigenvalue weighted by Gasteiger charge is 2.20. The highest BCUT2D eigenvalue weighted by molar-refractivity contribution is 7.89. The largest absolute Gasteiger partial charge is 0.496 e. The minimum Gasteiger partial charge on any atom is -0.496 e. The van der Waals surface area contributed by atoms with Crippen molar-refractivity contribution < 1.29 is 27.5 Å². The second kappa shape index (κ2) is 7.34. The van der Waals surface area contributed by atoms with Crippen molar-refractivity contribution in [3.63, 3.8) is 0 Å². The lowest BCUT2D eigenvalue weighted by atomic mass is 10.1. The molecule has 9 heteroatoms. The van der Waals surface area contributed by atoms with Crippen LogP contribution in [-0.2, 0) is 14.8 Å². The summed E-state index contributed by atoms with van der Waals surface area (Å²) in [6.45, 7) is 3.23. The van der Waals surface area contributed by atoms with Crippen molar-refractivity contribution in [2.45, 2.75) is 18.7 Å². The van der Waals surface area contributed by atoms with E-state index in [1.807, 2.05) is 13.8 Å². The molecular formula is C16H17NO6S2. The maximum atomic E-state index is 12.2. The van der Waals surface area contributed by atoms with Crippen LogP contribution in [0, 0.1) is 13.8 Å². The van der Waals surface area contributed by atoms with Crippen LogP contribution in [0.4, 0.5) is 0 Å². The van der Waals surface area contributed by atoms with Gasteiger partial charge in [0.25, 0.3) is 0 Å². The number of sulfonamides is 1. The number of benzene rings is 1. The molecule has 7 nitrogen and oxygen atoms in total. The number of methoxy groups -OCH3 is 1. The molecule has 25 heavy (non-hydrogen) atoms. The number of Topliss-reactive ketones (excluding diaryl/α,β-unsaturated/α-hetero) is 1. The second-order valence-electron chi connectivity index (χ2n) is 5.23. The van der Waals surface area contributed by atoms with Crippen LogP contribution in [0.1, 0.15) is 30.5 Å². The molecule has 134 valence electrons. The molecule has 0 saturated carbocycles. The Morgan fingerprint density at radius 1 is 1.16 bits per heavy atom. The molecule has 0 saturated heterocycles. The molecule has 0 unspecified atom stereocenters. The van der Waals surface area contributed by atoms with E-state index >= 15 is 0 Å². The molecule has 1 aromatic heterocycles. The van der Waals surface area contributed by atoms with Gasteiger partial charge in [0.2, 0.25) is 15.8 Å². The van der Waals surface area contributed by atoms with Crippen LogP contribution < -0.4 is 9.88 Å². The van der Waals surface area contributed by atoms with Gasteiger partial charge >= 0.3 is 5.97 Å². The Kier molecular flexibility index (Phi) is 5.61. The Labute approximate surface area is 149 Å². The topological polar surface area (TPSA) is 113 Å². The number of esters is 1. The fourth-order valence-electron chi connectivity index (χ4n) is 2.22. The molecule has 2 aromatic rings. The van der Waals surface area contributed by atoms with Crippen LogP contribution in [0.15, 0.2) is 29.2 Å². The van der Waals surface area contributed by atoms with Gasteiger partial charge in [-0.3, -0.25) is 4.79 Å². The summed E-state index contributed by atoms with van der Waals surface area (Å²) in [7, 11) is -2.67. The lowest BCUT2D eigenvalue weighted by Gasteiger charge is -2.10. The van der Waals surface area contributed by atoms with Gasteiger partial charge in [0.1, 0.15) is 11.3 Å². The first kappa shape index (κ1) is 19.1. The molecule has 1 heterocycles. The highest BCUT2D eigenvalue weighted by Crippen LogP contribution is 2.24. The van der Waals surface area contributed by atoms with Crippen molar-refractivity contribution in [2.75, 3.05) is 13.7 Å². The smallest absolute Gasteiger partial charge is 0.342 e. The van der Waals surface area contributed by atoms with Crippen molar-refractivity contribution in [3.8, 4) is 5.75 Å². The van der Waals surface area contributed by atoms with Crippen molar-refractivity contribution in [1.29, 1.82) is 0 Å². The van der Waals surface area contributed by atoms with Gasteiger partial charge in [0, 0.05) is 15.3 Å². The minimum atomic E-state index is -3.99. The van der Waals surface area contributed by atoms with Gasteiger partial charge in [-0.25, -0.2) is 18.4 Å². The van der Waals surface area contributed by atoms with E-state index in [0.717, 1.165) is 15.8 Å². The number of hydrogen-bond acceptors (Lipinski definition) is 7. The Morgan fingerprint density at radius 3 is 2.36 bits per heavy atom. The summed E-state index contributed by atoms with van der Waals surface area (Å²) in [6.07, 6.45) is 0. The lowest BCUT2D eigenvalue weighted by Crippen LogP contribution is -2.17. The quantitative estimate of drug-likeness (QED) is 0.603. The van der Waals surface area contributed by atoms with Crippen LogP contribution in [0.25, 0.3) is 0 Å². The summed E-state index contributed by atoms with van der Waals surface area (Å²) < 4.78 is 32.9. The van der Waals surface area contributed by atoms with Gasteiger partial charge in [-0.15, -0.1) is 11.3 Å². The molecule has 0 amide bonds. The predicted octanol–water partition coefficient (Wildman–Crippen LogP) is 2.06. The Hall–Kier alpha value is -2.23. The monoisotopic (exact) mass is 383 g/mol. The fourth-order valence-corrected chi connectivity index (χ4v) is 3.70. The first-order chi connectivity index (χ1) is 11.6. The van der Waals surface area contributed by atoms with E-state index in [9.17, 15) is 18.0 Å². The van der Waals surface area contributed by atoms with E-state index in [0.29, 0.717) is 5.56 Å². The van der Waals surface area contributed by atoms with E-state index < -0.39 is 22.6 Å². The van der Waals surface area contributed by atoms with Crippen molar-refractivity contribution in [1.82, 2.24) is 0 Å². The van der Waals surface area contributed by atoms with E-state index in [2.05, 4.69) is 0 Å². The standard InChI is InChI=1S/C16H17NO6S2/c1-9-6-12(10(2)24-9)14(18)8-23-16(19)13-7-11(25(17,20)21)4-5-15(13)22-3/h4-7H,8H2,1-3H3,(H2,17,20,21). The summed E-state index contributed by atoms with van der Waals surface area (Å²) in [5.74, 6) is -1.09. The second-order valence-corrected chi connectivity index (χ2v) is 8.26. The molecule has 0 atom stereocenters. The lowest BCUT2D eigenvalue weighted by molar-refractivity contribution is 0.0471. The number of ketones is 1. The summed E-state index contributed by atoms with van der Waals surface area (Å²) in [6, 6.07) is 5.30. The van der Waals surface area contributed by atoms with Gasteiger partial charge in [-0.2, -0.15) is 0 Å². The normalized spacial score (nSPS) is 11.2. The van der Waals surface area contributed by atoms with Gasteiger partial charge in [0.05, 0.1) is 12.0 Å². The minimum absolute atomic E-state index is 0.118. The molecule has 2 N–H and O–H groups in total. The maximum Gasteiger partial charge on any atom is 0.342 e. The average Bonchev–Trinajstić information content (AvgIpc) is 2.89. The van der Waals surface area contributed by atoms with E-state index in [1.54, 1.807) is 6.07 Å². The Balaban J connectivity index is 2.20. The third kappa shape index (κ3) is 4.44. The first-order valence-corrected chi connectivity index (χ1v) is 9.48. The number of carbonyl (C=O) groups excluding carboxylic acids is 2. The predicted molar refractivity (Wildman–Crippen MR) is 92.8 cm³/mol. The third-order valence-corrected chi connectivity index (χ3v) is 5.27. The number of thiophene rings is 1.